The van der Waals surface area contributed by atoms with Crippen LogP contribution in [0.2, 0.25) is 0 Å². The zero-order valence-corrected chi connectivity index (χ0v) is 26.0. The molecule has 4 fully saturated rings. The zero-order valence-electron chi connectivity index (χ0n) is 26.0. The molecule has 1 aliphatic heterocycles. The number of carbonyl (C=O) groups is 2. The van der Waals surface area contributed by atoms with E-state index in [4.69, 9.17) is 14.6 Å². The Hall–Kier alpha value is -1.36. The monoisotopic (exact) mass is 556 g/mol. The van der Waals surface area contributed by atoms with Crippen molar-refractivity contribution in [3.8, 4) is 0 Å². The quantitative estimate of drug-likeness (QED) is 0.157. The number of carbonyl (C=O) groups excluding carboxylic acids is 1. The Bertz CT molecular complexity index is 971. The van der Waals surface area contributed by atoms with Gasteiger partial charge >= 0.3 is 11.9 Å². The third-order valence-corrected chi connectivity index (χ3v) is 12.7. The van der Waals surface area contributed by atoms with Gasteiger partial charge < -0.3 is 14.6 Å². The first-order valence-electron chi connectivity index (χ1n) is 16.7. The highest BCUT2D eigenvalue weighted by atomic mass is 16.6. The van der Waals surface area contributed by atoms with E-state index in [-0.39, 0.29) is 23.9 Å². The molecule has 40 heavy (non-hydrogen) atoms. The predicted octanol–water partition coefficient (Wildman–Crippen LogP) is 8.35. The fourth-order valence-corrected chi connectivity index (χ4v) is 10.6. The van der Waals surface area contributed by atoms with Crippen LogP contribution in [0.1, 0.15) is 131 Å². The normalized spacial score (nSPS) is 41.0. The van der Waals surface area contributed by atoms with Crippen molar-refractivity contribution in [1.82, 2.24) is 0 Å². The van der Waals surface area contributed by atoms with Crippen LogP contribution in [0.5, 0.6) is 0 Å². The first-order chi connectivity index (χ1) is 19.0. The summed E-state index contributed by atoms with van der Waals surface area (Å²) in [5.41, 5.74) is 1.61. The van der Waals surface area contributed by atoms with Crippen molar-refractivity contribution in [3.63, 3.8) is 0 Å². The lowest BCUT2D eigenvalue weighted by Crippen LogP contribution is -2.57. The number of ether oxygens (including phenoxy) is 2. The summed E-state index contributed by atoms with van der Waals surface area (Å²) in [6, 6.07) is 0. The van der Waals surface area contributed by atoms with Crippen LogP contribution in [0.4, 0.5) is 0 Å². The van der Waals surface area contributed by atoms with E-state index in [1.807, 2.05) is 0 Å². The topological polar surface area (TPSA) is 72.8 Å². The summed E-state index contributed by atoms with van der Waals surface area (Å²) in [6.07, 6.45) is 17.4. The van der Waals surface area contributed by atoms with Gasteiger partial charge in [0.2, 0.25) is 0 Å². The molecule has 5 rings (SSSR count). The number of fused-ring (bicyclic) bond motifs is 6. The van der Waals surface area contributed by atoms with Crippen molar-refractivity contribution in [1.29, 1.82) is 0 Å². The van der Waals surface area contributed by atoms with Gasteiger partial charge in [-0.3, -0.25) is 9.59 Å². The average molecular weight is 557 g/mol. The maximum absolute atomic E-state index is 12.9. The summed E-state index contributed by atoms with van der Waals surface area (Å²) in [5.74, 6) is 3.82. The molecule has 0 amide bonds. The molecular weight excluding hydrogens is 500 g/mol. The van der Waals surface area contributed by atoms with Gasteiger partial charge in [-0.1, -0.05) is 65.5 Å². The average Bonchev–Trinajstić information content (AvgIpc) is 3.44. The number of esters is 1. The van der Waals surface area contributed by atoms with Crippen LogP contribution in [-0.2, 0) is 19.1 Å². The second-order valence-corrected chi connectivity index (χ2v) is 15.4. The van der Waals surface area contributed by atoms with Crippen molar-refractivity contribution in [3.05, 3.63) is 11.6 Å². The molecule has 1 heterocycles. The molecule has 0 spiro atoms. The third-order valence-electron chi connectivity index (χ3n) is 12.7. The Balaban J connectivity index is 1.27. The Morgan fingerprint density at radius 3 is 2.55 bits per heavy atom. The molecule has 0 aromatic rings. The zero-order chi connectivity index (χ0) is 28.7. The van der Waals surface area contributed by atoms with Crippen LogP contribution in [-0.4, -0.2) is 35.4 Å². The Morgan fingerprint density at radius 1 is 1.02 bits per heavy atom. The van der Waals surface area contributed by atoms with Gasteiger partial charge in [0, 0.05) is 25.7 Å². The number of rotatable bonds is 11. The number of allylic oxidation sites excluding steroid dienone is 1. The van der Waals surface area contributed by atoms with E-state index in [0.717, 1.165) is 48.9 Å². The van der Waals surface area contributed by atoms with Crippen molar-refractivity contribution in [2.75, 3.05) is 6.61 Å². The first-order valence-corrected chi connectivity index (χ1v) is 16.7. The van der Waals surface area contributed by atoms with Gasteiger partial charge in [0.15, 0.2) is 0 Å². The smallest absolute Gasteiger partial charge is 0.306 e. The molecule has 5 heteroatoms. The molecule has 9 atom stereocenters. The van der Waals surface area contributed by atoms with Crippen LogP contribution in [0.15, 0.2) is 11.6 Å². The highest BCUT2D eigenvalue weighted by molar-refractivity contribution is 5.70. The number of hydrogen-bond acceptors (Lipinski definition) is 4. The van der Waals surface area contributed by atoms with Crippen LogP contribution >= 0.6 is 0 Å². The standard InChI is InChI=1S/C35H56O5/c1-23(2)9-8-10-24(3)27-15-16-28-26-14-13-25-21-35(40-32(38)12-7-6-11-31(36)37)19-20-39-30(35)22-34(25,5)29(26)17-18-33(27,28)4/h13,23-24,26-30H,6-12,14-22H2,1-5H3,(H,36,37)/t24-,26+,27-,28+,29+,30?,33-,34+,35?/m1/s1. The van der Waals surface area contributed by atoms with Crippen LogP contribution in [0.25, 0.3) is 0 Å². The van der Waals surface area contributed by atoms with Gasteiger partial charge in [-0.05, 0) is 97.7 Å². The molecule has 1 N–H and O–H groups in total. The lowest BCUT2D eigenvalue weighted by atomic mass is 9.46. The Morgan fingerprint density at radius 2 is 1.80 bits per heavy atom. The van der Waals surface area contributed by atoms with E-state index < -0.39 is 11.6 Å². The lowest BCUT2D eigenvalue weighted by molar-refractivity contribution is -0.175. The Kier molecular flexibility index (Phi) is 8.83. The molecular formula is C35H56O5. The van der Waals surface area contributed by atoms with Crippen molar-refractivity contribution in [2.24, 2.45) is 46.3 Å². The van der Waals surface area contributed by atoms with E-state index in [0.29, 0.717) is 37.2 Å². The van der Waals surface area contributed by atoms with E-state index in [2.05, 4.69) is 40.7 Å². The van der Waals surface area contributed by atoms with E-state index in [1.54, 1.807) is 0 Å². The van der Waals surface area contributed by atoms with Gasteiger partial charge in [-0.15, -0.1) is 0 Å². The number of hydrogen-bond donors (Lipinski definition) is 1. The van der Waals surface area contributed by atoms with Crippen molar-refractivity contribution < 1.29 is 24.2 Å². The van der Waals surface area contributed by atoms with Gasteiger partial charge in [-0.2, -0.15) is 0 Å². The largest absolute Gasteiger partial charge is 0.481 e. The number of carboxylic acid groups (broad SMARTS) is 1. The molecule has 0 bridgehead atoms. The molecule has 5 nitrogen and oxygen atoms in total. The van der Waals surface area contributed by atoms with Crippen molar-refractivity contribution >= 4 is 11.9 Å². The van der Waals surface area contributed by atoms with Gasteiger partial charge in [0.25, 0.3) is 0 Å². The summed E-state index contributed by atoms with van der Waals surface area (Å²) < 4.78 is 12.6. The molecule has 226 valence electrons. The minimum atomic E-state index is -0.808. The molecule has 2 unspecified atom stereocenters. The molecule has 0 aromatic carbocycles. The maximum atomic E-state index is 12.9. The van der Waals surface area contributed by atoms with Crippen LogP contribution in [0.3, 0.4) is 0 Å². The molecule has 0 radical (unpaired) electrons. The SMILES string of the molecule is CC(C)CCC[C@@H](C)[C@H]1CC[C@H]2[C@@H]3CC=C4CC5(OC(=O)CCCCC(=O)O)CCOC5C[C@]4(C)[C@H]3CC[C@]12C. The lowest BCUT2D eigenvalue weighted by Gasteiger charge is -2.60. The maximum Gasteiger partial charge on any atom is 0.306 e. The summed E-state index contributed by atoms with van der Waals surface area (Å²) >= 11 is 0. The Labute approximate surface area is 243 Å². The fourth-order valence-electron chi connectivity index (χ4n) is 10.6. The van der Waals surface area contributed by atoms with E-state index in [9.17, 15) is 9.59 Å². The number of aliphatic carboxylic acids is 1. The number of carboxylic acids is 1. The summed E-state index contributed by atoms with van der Waals surface area (Å²) in [6.45, 7) is 13.1. The molecule has 0 aromatic heterocycles. The highest BCUT2D eigenvalue weighted by Gasteiger charge is 2.63. The minimum absolute atomic E-state index is 0.0259. The summed E-state index contributed by atoms with van der Waals surface area (Å²) in [4.78, 5) is 23.7. The predicted molar refractivity (Wildman–Crippen MR) is 158 cm³/mol. The minimum Gasteiger partial charge on any atom is -0.481 e. The fraction of sp³-hybridized carbons (Fsp3) is 0.886. The van der Waals surface area contributed by atoms with Gasteiger partial charge in [0.1, 0.15) is 5.60 Å². The number of unbranched alkanes of at least 4 members (excludes halogenated alkanes) is 1. The van der Waals surface area contributed by atoms with E-state index >= 15 is 0 Å². The second kappa shape index (κ2) is 11.7. The molecule has 5 aliphatic rings. The van der Waals surface area contributed by atoms with Gasteiger partial charge in [-0.25, -0.2) is 0 Å². The van der Waals surface area contributed by atoms with Crippen molar-refractivity contribution in [2.45, 2.75) is 143 Å². The third kappa shape index (κ3) is 5.54. The van der Waals surface area contributed by atoms with E-state index in [1.165, 1.54) is 56.9 Å². The highest BCUT2D eigenvalue weighted by Crippen LogP contribution is 2.68. The summed E-state index contributed by atoms with van der Waals surface area (Å²) in [5, 5.41) is 8.89. The summed E-state index contributed by atoms with van der Waals surface area (Å²) in [7, 11) is 0. The van der Waals surface area contributed by atoms with Crippen LogP contribution < -0.4 is 0 Å². The second-order valence-electron chi connectivity index (χ2n) is 15.4. The molecule has 1 saturated heterocycles. The van der Waals surface area contributed by atoms with Gasteiger partial charge in [0.05, 0.1) is 12.7 Å². The molecule has 4 aliphatic carbocycles. The van der Waals surface area contributed by atoms with Crippen LogP contribution in [0, 0.1) is 46.3 Å². The molecule has 3 saturated carbocycles. The first kappa shape index (κ1) is 30.1.